The highest BCUT2D eigenvalue weighted by atomic mass is 16.5. The Kier molecular flexibility index (Phi) is 5.96. The average molecular weight is 409 g/mol. The molecule has 1 saturated heterocycles. The van der Waals surface area contributed by atoms with Crippen LogP contribution < -0.4 is 10.2 Å². The van der Waals surface area contributed by atoms with Crippen molar-refractivity contribution in [2.75, 3.05) is 26.3 Å². The Morgan fingerprint density at radius 3 is 2.57 bits per heavy atom. The lowest BCUT2D eigenvalue weighted by Gasteiger charge is -2.26. The number of hydrogen-bond acceptors (Lipinski definition) is 8. The largest absolute Gasteiger partial charge is 0.470 e. The molecule has 4 rings (SSSR count). The van der Waals surface area contributed by atoms with Gasteiger partial charge in [-0.05, 0) is 13.0 Å². The van der Waals surface area contributed by atoms with Crippen molar-refractivity contribution in [3.63, 3.8) is 0 Å². The van der Waals surface area contributed by atoms with Crippen LogP contribution in [0.25, 0.3) is 11.3 Å². The second-order valence-corrected chi connectivity index (χ2v) is 6.96. The molecule has 1 aliphatic rings. The van der Waals surface area contributed by atoms with Gasteiger partial charge in [0.2, 0.25) is 5.88 Å². The molecule has 0 radical (unpaired) electrons. The number of benzene rings is 1. The maximum Gasteiger partial charge on any atom is 0.286 e. The normalized spacial score (nSPS) is 14.5. The lowest BCUT2D eigenvalue weighted by molar-refractivity contribution is 0.0124. The number of hydrogen-bond donors (Lipinski definition) is 1. The van der Waals surface area contributed by atoms with Crippen molar-refractivity contribution in [1.82, 2.24) is 35.6 Å². The van der Waals surface area contributed by atoms with E-state index in [-0.39, 0.29) is 18.2 Å². The van der Waals surface area contributed by atoms with Crippen LogP contribution in [0.3, 0.4) is 0 Å². The van der Waals surface area contributed by atoms with Crippen molar-refractivity contribution < 1.29 is 14.3 Å². The highest BCUT2D eigenvalue weighted by Gasteiger charge is 2.17. The molecule has 0 spiro atoms. The summed E-state index contributed by atoms with van der Waals surface area (Å²) in [7, 11) is 1.81. The Morgan fingerprint density at radius 2 is 1.87 bits per heavy atom. The molecule has 1 fully saturated rings. The van der Waals surface area contributed by atoms with Crippen LogP contribution in [-0.2, 0) is 18.4 Å². The standard InChI is InChI=1S/C20H23N7O3/c1-14-3-5-15(6-4-14)19-17(26(2)25-23-19)13-30-18-8-7-16(21-22-18)20(28)24-27-9-11-29-12-10-27/h3-8H,9-13H2,1-2H3,(H,24,28). The summed E-state index contributed by atoms with van der Waals surface area (Å²) in [5.74, 6) is 0.00224. The van der Waals surface area contributed by atoms with E-state index in [1.165, 1.54) is 5.56 Å². The predicted octanol–water partition coefficient (Wildman–Crippen LogP) is 1.14. The monoisotopic (exact) mass is 409 g/mol. The fraction of sp³-hybridized carbons (Fsp3) is 0.350. The molecule has 1 amide bonds. The second kappa shape index (κ2) is 8.97. The Bertz CT molecular complexity index is 996. The van der Waals surface area contributed by atoms with E-state index in [9.17, 15) is 4.79 Å². The first kappa shape index (κ1) is 19.9. The molecule has 1 aromatic carbocycles. The minimum absolute atomic E-state index is 0.219. The zero-order valence-electron chi connectivity index (χ0n) is 16.9. The van der Waals surface area contributed by atoms with Gasteiger partial charge in [-0.15, -0.1) is 15.3 Å². The Balaban J connectivity index is 1.39. The lowest BCUT2D eigenvalue weighted by Crippen LogP contribution is -2.48. The molecule has 1 N–H and O–H groups in total. The molecule has 1 aliphatic heterocycles. The number of nitrogens with one attached hydrogen (secondary N) is 1. The number of hydrazine groups is 1. The summed E-state index contributed by atoms with van der Waals surface area (Å²) in [6.07, 6.45) is 0. The van der Waals surface area contributed by atoms with Crippen molar-refractivity contribution in [3.05, 3.63) is 53.3 Å². The minimum atomic E-state index is -0.312. The van der Waals surface area contributed by atoms with Gasteiger partial charge in [0, 0.05) is 31.8 Å². The summed E-state index contributed by atoms with van der Waals surface area (Å²) in [5, 5.41) is 18.1. The maximum absolute atomic E-state index is 12.3. The molecule has 10 nitrogen and oxygen atoms in total. The van der Waals surface area contributed by atoms with Gasteiger partial charge in [-0.3, -0.25) is 10.2 Å². The van der Waals surface area contributed by atoms with E-state index in [0.29, 0.717) is 32.2 Å². The zero-order chi connectivity index (χ0) is 20.9. The number of ether oxygens (including phenoxy) is 2. The Morgan fingerprint density at radius 1 is 1.10 bits per heavy atom. The third-order valence-electron chi connectivity index (χ3n) is 4.77. The molecule has 0 unspecified atom stereocenters. The minimum Gasteiger partial charge on any atom is -0.470 e. The number of carbonyl (C=O) groups is 1. The van der Waals surface area contributed by atoms with Gasteiger partial charge >= 0.3 is 0 Å². The highest BCUT2D eigenvalue weighted by Crippen LogP contribution is 2.22. The summed E-state index contributed by atoms with van der Waals surface area (Å²) in [6, 6.07) is 11.3. The van der Waals surface area contributed by atoms with Gasteiger partial charge in [-0.2, -0.15) is 0 Å². The summed E-state index contributed by atoms with van der Waals surface area (Å²) >= 11 is 0. The summed E-state index contributed by atoms with van der Waals surface area (Å²) in [6.45, 7) is 4.72. The van der Waals surface area contributed by atoms with Crippen LogP contribution in [0.2, 0.25) is 0 Å². The van der Waals surface area contributed by atoms with Gasteiger partial charge in [0.25, 0.3) is 5.91 Å². The first-order valence-corrected chi connectivity index (χ1v) is 9.66. The first-order valence-electron chi connectivity index (χ1n) is 9.66. The molecule has 10 heteroatoms. The Labute approximate surface area is 173 Å². The van der Waals surface area contributed by atoms with E-state index in [1.807, 2.05) is 38.2 Å². The van der Waals surface area contributed by atoms with E-state index in [1.54, 1.807) is 21.8 Å². The molecule has 0 saturated carbocycles. The smallest absolute Gasteiger partial charge is 0.286 e. The SMILES string of the molecule is Cc1ccc(-c2nnn(C)c2COc2ccc(C(=O)NN3CCOCC3)nn2)cc1. The number of nitrogens with zero attached hydrogens (tertiary/aromatic N) is 6. The second-order valence-electron chi connectivity index (χ2n) is 6.96. The molecule has 156 valence electrons. The number of aromatic nitrogens is 5. The summed E-state index contributed by atoms with van der Waals surface area (Å²) in [5.41, 5.74) is 6.73. The lowest BCUT2D eigenvalue weighted by atomic mass is 10.1. The zero-order valence-corrected chi connectivity index (χ0v) is 16.9. The van der Waals surface area contributed by atoms with Crippen LogP contribution in [0.4, 0.5) is 0 Å². The fourth-order valence-corrected chi connectivity index (χ4v) is 3.01. The van der Waals surface area contributed by atoms with Gasteiger partial charge in [-0.25, -0.2) is 9.69 Å². The average Bonchev–Trinajstić information content (AvgIpc) is 3.14. The van der Waals surface area contributed by atoms with E-state index < -0.39 is 0 Å². The van der Waals surface area contributed by atoms with Crippen LogP contribution in [0.1, 0.15) is 21.7 Å². The van der Waals surface area contributed by atoms with Gasteiger partial charge in [-0.1, -0.05) is 35.0 Å². The van der Waals surface area contributed by atoms with Crippen molar-refractivity contribution in [2.45, 2.75) is 13.5 Å². The molecule has 0 bridgehead atoms. The fourth-order valence-electron chi connectivity index (χ4n) is 3.01. The van der Waals surface area contributed by atoms with Crippen molar-refractivity contribution in [3.8, 4) is 17.1 Å². The van der Waals surface area contributed by atoms with Crippen LogP contribution in [0.5, 0.6) is 5.88 Å². The topological polar surface area (TPSA) is 107 Å². The third-order valence-corrected chi connectivity index (χ3v) is 4.77. The van der Waals surface area contributed by atoms with E-state index in [0.717, 1.165) is 17.0 Å². The number of aryl methyl sites for hydroxylation is 2. The van der Waals surface area contributed by atoms with Gasteiger partial charge < -0.3 is 9.47 Å². The highest BCUT2D eigenvalue weighted by molar-refractivity contribution is 5.91. The number of amides is 1. The van der Waals surface area contributed by atoms with Crippen LogP contribution in [0, 0.1) is 6.92 Å². The molecule has 3 heterocycles. The number of carbonyl (C=O) groups excluding carboxylic acids is 1. The molecule has 2 aromatic heterocycles. The van der Waals surface area contributed by atoms with E-state index in [2.05, 4.69) is 25.9 Å². The Hall–Kier alpha value is -3.37. The number of rotatable bonds is 6. The molecular weight excluding hydrogens is 386 g/mol. The molecular formula is C20H23N7O3. The maximum atomic E-state index is 12.3. The van der Waals surface area contributed by atoms with Crippen LogP contribution >= 0.6 is 0 Å². The summed E-state index contributed by atoms with van der Waals surface area (Å²) < 4.78 is 12.7. The molecule has 0 aliphatic carbocycles. The van der Waals surface area contributed by atoms with E-state index in [4.69, 9.17) is 9.47 Å². The van der Waals surface area contributed by atoms with Gasteiger partial charge in [0.15, 0.2) is 5.69 Å². The molecule has 0 atom stereocenters. The van der Waals surface area contributed by atoms with Crippen molar-refractivity contribution in [1.29, 1.82) is 0 Å². The van der Waals surface area contributed by atoms with Gasteiger partial charge in [0.1, 0.15) is 18.0 Å². The third kappa shape index (κ3) is 4.61. The van der Waals surface area contributed by atoms with Gasteiger partial charge in [0.05, 0.1) is 13.2 Å². The van der Waals surface area contributed by atoms with Crippen LogP contribution in [-0.4, -0.2) is 62.4 Å². The first-order chi connectivity index (χ1) is 14.6. The van der Waals surface area contributed by atoms with Crippen molar-refractivity contribution >= 4 is 5.91 Å². The van der Waals surface area contributed by atoms with Crippen molar-refractivity contribution in [2.24, 2.45) is 7.05 Å². The van der Waals surface area contributed by atoms with E-state index >= 15 is 0 Å². The molecule has 30 heavy (non-hydrogen) atoms. The quantitative estimate of drug-likeness (QED) is 0.646. The van der Waals surface area contributed by atoms with Crippen LogP contribution in [0.15, 0.2) is 36.4 Å². The number of morpholine rings is 1. The summed E-state index contributed by atoms with van der Waals surface area (Å²) in [4.78, 5) is 12.3. The predicted molar refractivity (Wildman–Crippen MR) is 107 cm³/mol. The molecule has 3 aromatic rings.